The molecule has 1 aromatic heterocycles. The van der Waals surface area contributed by atoms with Crippen LogP contribution in [0.4, 0.5) is 5.69 Å². The molecule has 0 aliphatic carbocycles. The van der Waals surface area contributed by atoms with E-state index in [0.717, 1.165) is 16.6 Å². The topological polar surface area (TPSA) is 81.0 Å². The average molecular weight is 315 g/mol. The van der Waals surface area contributed by atoms with Crippen molar-refractivity contribution in [2.24, 2.45) is 0 Å². The summed E-state index contributed by atoms with van der Waals surface area (Å²) >= 11 is 0. The van der Waals surface area contributed by atoms with Gasteiger partial charge in [0.25, 0.3) is 0 Å². The molecule has 0 amide bonds. The fourth-order valence-corrected chi connectivity index (χ4v) is 3.34. The fraction of sp³-hybridized carbons (Fsp3) is 0.188. The first kappa shape index (κ1) is 14.6. The Morgan fingerprint density at radius 2 is 2.05 bits per heavy atom. The second-order valence-corrected chi connectivity index (χ2v) is 6.18. The number of aromatic nitrogens is 2. The SMILES string of the molecule is CCOc1cccc(CS(=O)c2nc3ccccc3[nH]2)c1N. The minimum absolute atomic E-state index is 0.298. The van der Waals surface area contributed by atoms with Gasteiger partial charge in [-0.05, 0) is 30.7 Å². The van der Waals surface area contributed by atoms with Crippen LogP contribution in [-0.4, -0.2) is 20.8 Å². The number of benzene rings is 2. The molecule has 6 heteroatoms. The average Bonchev–Trinajstić information content (AvgIpc) is 2.95. The third-order valence-electron chi connectivity index (χ3n) is 3.33. The van der Waals surface area contributed by atoms with Crippen molar-refractivity contribution in [2.45, 2.75) is 17.8 Å². The molecule has 22 heavy (non-hydrogen) atoms. The van der Waals surface area contributed by atoms with Crippen LogP contribution in [-0.2, 0) is 16.6 Å². The van der Waals surface area contributed by atoms with E-state index < -0.39 is 10.8 Å². The van der Waals surface area contributed by atoms with Crippen molar-refractivity contribution >= 4 is 27.5 Å². The number of anilines is 1. The zero-order valence-corrected chi connectivity index (χ0v) is 13.0. The van der Waals surface area contributed by atoms with Gasteiger partial charge in [0.1, 0.15) is 5.75 Å². The molecule has 3 rings (SSSR count). The predicted molar refractivity (Wildman–Crippen MR) is 88.2 cm³/mol. The van der Waals surface area contributed by atoms with Crippen LogP contribution in [0.2, 0.25) is 0 Å². The molecule has 1 heterocycles. The number of para-hydroxylation sites is 3. The van der Waals surface area contributed by atoms with E-state index in [9.17, 15) is 4.21 Å². The van der Waals surface area contributed by atoms with Crippen LogP contribution >= 0.6 is 0 Å². The van der Waals surface area contributed by atoms with Crippen LogP contribution in [0.1, 0.15) is 12.5 Å². The zero-order valence-electron chi connectivity index (χ0n) is 12.2. The molecule has 0 spiro atoms. The Morgan fingerprint density at radius 3 is 2.82 bits per heavy atom. The van der Waals surface area contributed by atoms with Gasteiger partial charge in [-0.2, -0.15) is 0 Å². The molecular formula is C16H17N3O2S. The summed E-state index contributed by atoms with van der Waals surface area (Å²) in [5.74, 6) is 0.925. The summed E-state index contributed by atoms with van der Waals surface area (Å²) in [5.41, 5.74) is 9.10. The highest BCUT2D eigenvalue weighted by atomic mass is 32.2. The van der Waals surface area contributed by atoms with Crippen LogP contribution < -0.4 is 10.5 Å². The van der Waals surface area contributed by atoms with E-state index in [2.05, 4.69) is 9.97 Å². The molecule has 3 N–H and O–H groups in total. The summed E-state index contributed by atoms with van der Waals surface area (Å²) < 4.78 is 18.0. The maximum atomic E-state index is 12.5. The molecule has 0 aliphatic heterocycles. The van der Waals surface area contributed by atoms with Crippen molar-refractivity contribution < 1.29 is 8.95 Å². The molecule has 0 radical (unpaired) electrons. The van der Waals surface area contributed by atoms with E-state index in [-0.39, 0.29) is 0 Å². The molecule has 0 bridgehead atoms. The van der Waals surface area contributed by atoms with Crippen molar-refractivity contribution in [3.8, 4) is 5.75 Å². The van der Waals surface area contributed by atoms with Gasteiger partial charge in [-0.15, -0.1) is 0 Å². The highest BCUT2D eigenvalue weighted by molar-refractivity contribution is 7.84. The fourth-order valence-electron chi connectivity index (χ4n) is 2.24. The molecule has 0 saturated carbocycles. The lowest BCUT2D eigenvalue weighted by atomic mass is 10.2. The van der Waals surface area contributed by atoms with Gasteiger partial charge in [0.05, 0.1) is 39.9 Å². The van der Waals surface area contributed by atoms with Crippen molar-refractivity contribution in [3.05, 3.63) is 48.0 Å². The van der Waals surface area contributed by atoms with E-state index in [4.69, 9.17) is 10.5 Å². The summed E-state index contributed by atoms with van der Waals surface area (Å²) in [6, 6.07) is 13.1. The zero-order chi connectivity index (χ0) is 15.5. The van der Waals surface area contributed by atoms with E-state index in [1.165, 1.54) is 0 Å². The van der Waals surface area contributed by atoms with Gasteiger partial charge < -0.3 is 15.5 Å². The molecule has 0 aliphatic rings. The summed E-state index contributed by atoms with van der Waals surface area (Å²) in [5, 5.41) is 0.461. The van der Waals surface area contributed by atoms with Gasteiger partial charge in [-0.1, -0.05) is 24.3 Å². The number of rotatable bonds is 5. The molecule has 5 nitrogen and oxygen atoms in total. The van der Waals surface area contributed by atoms with Crippen LogP contribution in [0.5, 0.6) is 5.75 Å². The molecule has 1 atom stereocenters. The first-order valence-electron chi connectivity index (χ1n) is 7.02. The normalized spacial score (nSPS) is 12.4. The molecule has 3 aromatic rings. The summed E-state index contributed by atoms with van der Waals surface area (Å²) in [7, 11) is -1.29. The second kappa shape index (κ2) is 6.19. The van der Waals surface area contributed by atoms with Crippen molar-refractivity contribution in [1.29, 1.82) is 0 Å². The molecule has 2 aromatic carbocycles. The Kier molecular flexibility index (Phi) is 4.11. The van der Waals surface area contributed by atoms with E-state index in [1.54, 1.807) is 0 Å². The highest BCUT2D eigenvalue weighted by Crippen LogP contribution is 2.27. The van der Waals surface area contributed by atoms with E-state index in [1.807, 2.05) is 49.4 Å². The van der Waals surface area contributed by atoms with Gasteiger partial charge in [-0.3, -0.25) is 4.21 Å². The number of nitrogens with one attached hydrogen (secondary N) is 1. The molecule has 0 saturated heterocycles. The molecule has 1 unspecified atom stereocenters. The van der Waals surface area contributed by atoms with Gasteiger partial charge >= 0.3 is 0 Å². The molecule has 114 valence electrons. The van der Waals surface area contributed by atoms with E-state index >= 15 is 0 Å². The number of aromatic amines is 1. The maximum absolute atomic E-state index is 12.5. The first-order chi connectivity index (χ1) is 10.7. The summed E-state index contributed by atoms with van der Waals surface area (Å²) in [6.07, 6.45) is 0. The lowest BCUT2D eigenvalue weighted by Gasteiger charge is -2.10. The minimum atomic E-state index is -1.29. The van der Waals surface area contributed by atoms with Crippen LogP contribution in [0.25, 0.3) is 11.0 Å². The quantitative estimate of drug-likeness (QED) is 0.709. The Bertz CT molecular complexity index is 796. The number of ether oxygens (including phenoxy) is 1. The van der Waals surface area contributed by atoms with Gasteiger partial charge in [0.15, 0.2) is 5.16 Å². The van der Waals surface area contributed by atoms with E-state index in [0.29, 0.717) is 29.0 Å². The smallest absolute Gasteiger partial charge is 0.197 e. The minimum Gasteiger partial charge on any atom is -0.492 e. The number of nitrogens with two attached hydrogens (primary N) is 1. The first-order valence-corrected chi connectivity index (χ1v) is 8.34. The Labute approximate surface area is 131 Å². The van der Waals surface area contributed by atoms with Gasteiger partial charge in [0, 0.05) is 0 Å². The number of fused-ring (bicyclic) bond motifs is 1. The van der Waals surface area contributed by atoms with Gasteiger partial charge in [0.2, 0.25) is 0 Å². The lowest BCUT2D eigenvalue weighted by molar-refractivity contribution is 0.342. The summed E-state index contributed by atoms with van der Waals surface area (Å²) in [6.45, 7) is 2.44. The molecular weight excluding hydrogens is 298 g/mol. The van der Waals surface area contributed by atoms with Crippen molar-refractivity contribution in [1.82, 2.24) is 9.97 Å². The number of imidazole rings is 1. The van der Waals surface area contributed by atoms with Gasteiger partial charge in [-0.25, -0.2) is 4.98 Å². The van der Waals surface area contributed by atoms with Crippen LogP contribution in [0, 0.1) is 0 Å². The second-order valence-electron chi connectivity index (χ2n) is 4.81. The Hall–Kier alpha value is -2.34. The number of H-pyrrole nitrogens is 1. The van der Waals surface area contributed by atoms with Crippen LogP contribution in [0.3, 0.4) is 0 Å². The summed E-state index contributed by atoms with van der Waals surface area (Å²) in [4.78, 5) is 7.46. The Balaban J connectivity index is 1.86. The van der Waals surface area contributed by atoms with Crippen molar-refractivity contribution in [2.75, 3.05) is 12.3 Å². The number of nitrogens with zero attached hydrogens (tertiary/aromatic N) is 1. The maximum Gasteiger partial charge on any atom is 0.197 e. The predicted octanol–water partition coefficient (Wildman–Crippen LogP) is 2.85. The number of nitrogen functional groups attached to an aromatic ring is 1. The van der Waals surface area contributed by atoms with Crippen LogP contribution in [0.15, 0.2) is 47.6 Å². The highest BCUT2D eigenvalue weighted by Gasteiger charge is 2.14. The third-order valence-corrected chi connectivity index (χ3v) is 4.52. The number of hydrogen-bond donors (Lipinski definition) is 2. The number of hydrogen-bond acceptors (Lipinski definition) is 4. The largest absolute Gasteiger partial charge is 0.492 e. The standard InChI is InChI=1S/C16H17N3O2S/c1-2-21-14-9-5-6-11(15(14)17)10-22(20)16-18-12-7-3-4-8-13(12)19-16/h3-9H,2,10,17H2,1H3,(H,18,19). The monoisotopic (exact) mass is 315 g/mol. The van der Waals surface area contributed by atoms with Crippen molar-refractivity contribution in [3.63, 3.8) is 0 Å². The third kappa shape index (κ3) is 2.82. The Morgan fingerprint density at radius 1 is 1.23 bits per heavy atom. The molecule has 0 fully saturated rings. The lowest BCUT2D eigenvalue weighted by Crippen LogP contribution is -2.04.